The standard InChI is InChI=1S/C11H16Cl2N2/c1-11(2,14)5-6-15-10-4-3-8(12)7-9(10)13/h3-4,7,15H,5-6,14H2,1-2H3. The van der Waals surface area contributed by atoms with Crippen LogP contribution in [0, 0.1) is 0 Å². The molecule has 0 radical (unpaired) electrons. The van der Waals surface area contributed by atoms with Crippen LogP contribution < -0.4 is 11.1 Å². The molecule has 0 aromatic heterocycles. The van der Waals surface area contributed by atoms with Gasteiger partial charge >= 0.3 is 0 Å². The highest BCUT2D eigenvalue weighted by Gasteiger charge is 2.09. The molecule has 0 bridgehead atoms. The van der Waals surface area contributed by atoms with Gasteiger partial charge in [0.1, 0.15) is 0 Å². The summed E-state index contributed by atoms with van der Waals surface area (Å²) in [5, 5.41) is 4.51. The zero-order valence-corrected chi connectivity index (χ0v) is 10.5. The molecule has 0 saturated carbocycles. The van der Waals surface area contributed by atoms with Crippen molar-refractivity contribution in [2.75, 3.05) is 11.9 Å². The molecule has 84 valence electrons. The number of halogens is 2. The van der Waals surface area contributed by atoms with Crippen molar-refractivity contribution in [2.24, 2.45) is 5.73 Å². The summed E-state index contributed by atoms with van der Waals surface area (Å²) in [7, 11) is 0. The van der Waals surface area contributed by atoms with Gasteiger partial charge in [0.25, 0.3) is 0 Å². The van der Waals surface area contributed by atoms with Gasteiger partial charge in [-0.2, -0.15) is 0 Å². The van der Waals surface area contributed by atoms with Crippen LogP contribution in [0.3, 0.4) is 0 Å². The maximum atomic E-state index is 6.00. The SMILES string of the molecule is CC(C)(N)CCNc1ccc(Cl)cc1Cl. The second kappa shape index (κ2) is 5.06. The minimum Gasteiger partial charge on any atom is -0.384 e. The molecule has 0 aliphatic carbocycles. The Kier molecular flexibility index (Phi) is 4.26. The van der Waals surface area contributed by atoms with Gasteiger partial charge in [0.15, 0.2) is 0 Å². The van der Waals surface area contributed by atoms with Gasteiger partial charge in [0.2, 0.25) is 0 Å². The van der Waals surface area contributed by atoms with E-state index in [1.807, 2.05) is 26.0 Å². The third kappa shape index (κ3) is 4.74. The van der Waals surface area contributed by atoms with Crippen LogP contribution >= 0.6 is 23.2 Å². The second-order valence-corrected chi connectivity index (χ2v) is 5.13. The Morgan fingerprint density at radius 2 is 2.00 bits per heavy atom. The Hall–Kier alpha value is -0.440. The molecule has 1 aromatic carbocycles. The molecule has 0 unspecified atom stereocenters. The van der Waals surface area contributed by atoms with E-state index in [1.54, 1.807) is 6.07 Å². The largest absolute Gasteiger partial charge is 0.384 e. The molecule has 1 rings (SSSR count). The molecular formula is C11H16Cl2N2. The van der Waals surface area contributed by atoms with Crippen LogP contribution in [-0.2, 0) is 0 Å². The van der Waals surface area contributed by atoms with Crippen molar-refractivity contribution in [3.05, 3.63) is 28.2 Å². The lowest BCUT2D eigenvalue weighted by atomic mass is 10.0. The predicted molar refractivity (Wildman–Crippen MR) is 67.8 cm³/mol. The lowest BCUT2D eigenvalue weighted by Gasteiger charge is -2.19. The van der Waals surface area contributed by atoms with Crippen molar-refractivity contribution in [3.8, 4) is 0 Å². The highest BCUT2D eigenvalue weighted by molar-refractivity contribution is 6.36. The van der Waals surface area contributed by atoms with Gasteiger partial charge in [-0.15, -0.1) is 0 Å². The highest BCUT2D eigenvalue weighted by atomic mass is 35.5. The third-order valence-corrected chi connectivity index (χ3v) is 2.56. The van der Waals surface area contributed by atoms with Crippen molar-refractivity contribution in [2.45, 2.75) is 25.8 Å². The first-order chi connectivity index (χ1) is 6.88. The summed E-state index contributed by atoms with van der Waals surface area (Å²) in [5.74, 6) is 0. The number of hydrogen-bond acceptors (Lipinski definition) is 2. The Balaban J connectivity index is 2.51. The fourth-order valence-electron chi connectivity index (χ4n) is 1.15. The van der Waals surface area contributed by atoms with E-state index >= 15 is 0 Å². The predicted octanol–water partition coefficient (Wildman–Crippen LogP) is 3.53. The molecule has 0 fully saturated rings. The van der Waals surface area contributed by atoms with E-state index in [0.29, 0.717) is 10.0 Å². The molecule has 0 aliphatic rings. The topological polar surface area (TPSA) is 38.0 Å². The van der Waals surface area contributed by atoms with Gasteiger partial charge in [-0.05, 0) is 38.5 Å². The molecule has 0 saturated heterocycles. The minimum absolute atomic E-state index is 0.161. The molecule has 0 atom stereocenters. The van der Waals surface area contributed by atoms with E-state index in [2.05, 4.69) is 5.32 Å². The molecule has 0 amide bonds. The van der Waals surface area contributed by atoms with Gasteiger partial charge in [-0.25, -0.2) is 0 Å². The number of hydrogen-bond donors (Lipinski definition) is 2. The van der Waals surface area contributed by atoms with Crippen molar-refractivity contribution in [1.29, 1.82) is 0 Å². The van der Waals surface area contributed by atoms with E-state index in [1.165, 1.54) is 0 Å². The summed E-state index contributed by atoms with van der Waals surface area (Å²) < 4.78 is 0. The number of anilines is 1. The molecule has 1 aromatic rings. The Morgan fingerprint density at radius 3 is 2.53 bits per heavy atom. The van der Waals surface area contributed by atoms with Crippen LogP contribution in [0.1, 0.15) is 20.3 Å². The van der Waals surface area contributed by atoms with E-state index in [9.17, 15) is 0 Å². The van der Waals surface area contributed by atoms with E-state index in [-0.39, 0.29) is 5.54 Å². The number of benzene rings is 1. The van der Waals surface area contributed by atoms with Crippen LogP contribution in [0.5, 0.6) is 0 Å². The van der Waals surface area contributed by atoms with Crippen LogP contribution in [0.15, 0.2) is 18.2 Å². The first kappa shape index (κ1) is 12.6. The van der Waals surface area contributed by atoms with Gasteiger partial charge in [-0.1, -0.05) is 23.2 Å². The van der Waals surface area contributed by atoms with E-state index < -0.39 is 0 Å². The maximum absolute atomic E-state index is 6.00. The summed E-state index contributed by atoms with van der Waals surface area (Å²) in [6.45, 7) is 4.79. The molecule has 0 aliphatic heterocycles. The average molecular weight is 247 g/mol. The quantitative estimate of drug-likeness (QED) is 0.854. The molecule has 15 heavy (non-hydrogen) atoms. The molecule has 0 heterocycles. The van der Waals surface area contributed by atoms with Crippen LogP contribution in [0.4, 0.5) is 5.69 Å². The van der Waals surface area contributed by atoms with E-state index in [0.717, 1.165) is 18.7 Å². The lowest BCUT2D eigenvalue weighted by Crippen LogP contribution is -2.34. The second-order valence-electron chi connectivity index (χ2n) is 4.29. The fraction of sp³-hybridized carbons (Fsp3) is 0.455. The van der Waals surface area contributed by atoms with Gasteiger partial charge in [0, 0.05) is 17.1 Å². The molecular weight excluding hydrogens is 231 g/mol. The average Bonchev–Trinajstić information content (AvgIpc) is 2.07. The summed E-state index contributed by atoms with van der Waals surface area (Å²) in [5.41, 5.74) is 6.60. The summed E-state index contributed by atoms with van der Waals surface area (Å²) in [6.07, 6.45) is 0.881. The maximum Gasteiger partial charge on any atom is 0.0652 e. The Bertz CT molecular complexity index is 332. The first-order valence-corrected chi connectivity index (χ1v) is 5.62. The summed E-state index contributed by atoms with van der Waals surface area (Å²) >= 11 is 11.8. The van der Waals surface area contributed by atoms with Crippen molar-refractivity contribution >= 4 is 28.9 Å². The molecule has 2 nitrogen and oxygen atoms in total. The highest BCUT2D eigenvalue weighted by Crippen LogP contribution is 2.25. The molecule has 0 spiro atoms. The van der Waals surface area contributed by atoms with E-state index in [4.69, 9.17) is 28.9 Å². The Labute approximate surface area is 101 Å². The number of rotatable bonds is 4. The van der Waals surface area contributed by atoms with Gasteiger partial charge in [-0.3, -0.25) is 0 Å². The lowest BCUT2D eigenvalue weighted by molar-refractivity contribution is 0.491. The summed E-state index contributed by atoms with van der Waals surface area (Å²) in [6, 6.07) is 5.40. The number of nitrogens with two attached hydrogens (primary N) is 1. The third-order valence-electron chi connectivity index (χ3n) is 2.02. The van der Waals surface area contributed by atoms with Crippen molar-refractivity contribution in [1.82, 2.24) is 0 Å². The number of nitrogens with one attached hydrogen (secondary N) is 1. The van der Waals surface area contributed by atoms with Gasteiger partial charge in [0.05, 0.1) is 10.7 Å². The van der Waals surface area contributed by atoms with Crippen molar-refractivity contribution < 1.29 is 0 Å². The zero-order valence-electron chi connectivity index (χ0n) is 8.98. The van der Waals surface area contributed by atoms with Crippen LogP contribution in [0.2, 0.25) is 10.0 Å². The molecule has 3 N–H and O–H groups in total. The monoisotopic (exact) mass is 246 g/mol. The fourth-order valence-corrected chi connectivity index (χ4v) is 1.63. The first-order valence-electron chi connectivity index (χ1n) is 4.86. The van der Waals surface area contributed by atoms with Crippen molar-refractivity contribution in [3.63, 3.8) is 0 Å². The smallest absolute Gasteiger partial charge is 0.0652 e. The van der Waals surface area contributed by atoms with Crippen LogP contribution in [-0.4, -0.2) is 12.1 Å². The Morgan fingerprint density at radius 1 is 1.33 bits per heavy atom. The molecule has 4 heteroatoms. The van der Waals surface area contributed by atoms with Gasteiger partial charge < -0.3 is 11.1 Å². The normalized spacial score (nSPS) is 11.5. The zero-order chi connectivity index (χ0) is 11.5. The minimum atomic E-state index is -0.161. The van der Waals surface area contributed by atoms with Crippen LogP contribution in [0.25, 0.3) is 0 Å². The summed E-state index contributed by atoms with van der Waals surface area (Å²) in [4.78, 5) is 0.